The summed E-state index contributed by atoms with van der Waals surface area (Å²) >= 11 is 5.47. The van der Waals surface area contributed by atoms with E-state index in [4.69, 9.17) is 21.7 Å². The largest absolute Gasteiger partial charge is 0.497 e. The Morgan fingerprint density at radius 2 is 1.44 bits per heavy atom. The highest BCUT2D eigenvalue weighted by Gasteiger charge is 2.16. The maximum absolute atomic E-state index is 5.47. The molecule has 0 aromatic heterocycles. The van der Waals surface area contributed by atoms with Gasteiger partial charge in [0.15, 0.2) is 5.11 Å². The van der Waals surface area contributed by atoms with Crippen LogP contribution in [0.2, 0.25) is 0 Å². The minimum absolute atomic E-state index is 0.141. The molecule has 2 N–H and O–H groups in total. The van der Waals surface area contributed by atoms with Crippen LogP contribution in [-0.2, 0) is 6.54 Å². The number of rotatable bonds is 7. The van der Waals surface area contributed by atoms with Gasteiger partial charge < -0.3 is 20.1 Å². The van der Waals surface area contributed by atoms with E-state index in [-0.39, 0.29) is 6.04 Å². The SMILES string of the molecule is COc1ccc(CNC(=S)N[C@@H](c2ccc(OC)cc2)C(C)C)cc1. The fourth-order valence-corrected chi connectivity index (χ4v) is 2.76. The summed E-state index contributed by atoms with van der Waals surface area (Å²) in [6.07, 6.45) is 0. The van der Waals surface area contributed by atoms with Crippen LogP contribution < -0.4 is 20.1 Å². The van der Waals surface area contributed by atoms with Crippen LogP contribution in [0.3, 0.4) is 0 Å². The van der Waals surface area contributed by atoms with E-state index in [1.165, 1.54) is 5.56 Å². The average molecular weight is 359 g/mol. The summed E-state index contributed by atoms with van der Waals surface area (Å²) in [5, 5.41) is 7.33. The highest BCUT2D eigenvalue weighted by molar-refractivity contribution is 7.80. The average Bonchev–Trinajstić information content (AvgIpc) is 2.64. The first-order valence-electron chi connectivity index (χ1n) is 8.34. The Bertz CT molecular complexity index is 669. The van der Waals surface area contributed by atoms with Crippen molar-refractivity contribution < 1.29 is 9.47 Å². The van der Waals surface area contributed by atoms with Gasteiger partial charge in [0.05, 0.1) is 20.3 Å². The molecule has 0 heterocycles. The van der Waals surface area contributed by atoms with Crippen molar-refractivity contribution in [1.29, 1.82) is 0 Å². The van der Waals surface area contributed by atoms with Gasteiger partial charge in [0, 0.05) is 6.54 Å². The van der Waals surface area contributed by atoms with E-state index in [2.05, 4.69) is 36.6 Å². The maximum atomic E-state index is 5.47. The summed E-state index contributed by atoms with van der Waals surface area (Å²) < 4.78 is 10.4. The van der Waals surface area contributed by atoms with Crippen molar-refractivity contribution >= 4 is 17.3 Å². The quantitative estimate of drug-likeness (QED) is 0.731. The Morgan fingerprint density at radius 3 is 1.92 bits per heavy atom. The highest BCUT2D eigenvalue weighted by Crippen LogP contribution is 2.23. The van der Waals surface area contributed by atoms with Gasteiger partial charge in [0.1, 0.15) is 11.5 Å². The molecule has 0 saturated carbocycles. The number of methoxy groups -OCH3 is 2. The van der Waals surface area contributed by atoms with E-state index in [9.17, 15) is 0 Å². The van der Waals surface area contributed by atoms with Gasteiger partial charge >= 0.3 is 0 Å². The van der Waals surface area contributed by atoms with E-state index >= 15 is 0 Å². The topological polar surface area (TPSA) is 42.5 Å². The lowest BCUT2D eigenvalue weighted by atomic mass is 9.96. The van der Waals surface area contributed by atoms with E-state index < -0.39 is 0 Å². The first kappa shape index (κ1) is 19.1. The second-order valence-electron chi connectivity index (χ2n) is 6.17. The van der Waals surface area contributed by atoms with Crippen LogP contribution in [0.15, 0.2) is 48.5 Å². The van der Waals surface area contributed by atoms with E-state index in [0.29, 0.717) is 17.6 Å². The summed E-state index contributed by atoms with van der Waals surface area (Å²) in [4.78, 5) is 0. The molecule has 0 radical (unpaired) electrons. The molecule has 0 amide bonds. The van der Waals surface area contributed by atoms with Crippen LogP contribution in [0.1, 0.15) is 31.0 Å². The number of nitrogens with one attached hydrogen (secondary N) is 2. The minimum Gasteiger partial charge on any atom is -0.497 e. The Labute approximate surface area is 155 Å². The lowest BCUT2D eigenvalue weighted by molar-refractivity contribution is 0.413. The molecule has 4 nitrogen and oxygen atoms in total. The molecule has 2 aromatic carbocycles. The fraction of sp³-hybridized carbons (Fsp3) is 0.350. The molecule has 25 heavy (non-hydrogen) atoms. The lowest BCUT2D eigenvalue weighted by Gasteiger charge is -2.25. The van der Waals surface area contributed by atoms with Gasteiger partial charge in [-0.05, 0) is 53.5 Å². The zero-order chi connectivity index (χ0) is 18.2. The van der Waals surface area contributed by atoms with Gasteiger partial charge in [-0.25, -0.2) is 0 Å². The van der Waals surface area contributed by atoms with Gasteiger partial charge in [0.2, 0.25) is 0 Å². The molecule has 2 aromatic rings. The minimum atomic E-state index is 0.141. The Balaban J connectivity index is 1.94. The molecule has 0 saturated heterocycles. The molecule has 134 valence electrons. The fourth-order valence-electron chi connectivity index (χ4n) is 2.56. The van der Waals surface area contributed by atoms with Gasteiger partial charge in [-0.15, -0.1) is 0 Å². The molecule has 0 unspecified atom stereocenters. The second kappa shape index (κ2) is 9.28. The number of thiocarbonyl (C=S) groups is 1. The smallest absolute Gasteiger partial charge is 0.167 e. The van der Waals surface area contributed by atoms with Gasteiger partial charge in [-0.1, -0.05) is 38.1 Å². The first-order chi connectivity index (χ1) is 12.0. The van der Waals surface area contributed by atoms with Crippen LogP contribution in [0.5, 0.6) is 11.5 Å². The molecule has 0 spiro atoms. The predicted molar refractivity (Wildman–Crippen MR) is 106 cm³/mol. The van der Waals surface area contributed by atoms with Crippen molar-refractivity contribution in [2.24, 2.45) is 5.92 Å². The van der Waals surface area contributed by atoms with Crippen molar-refractivity contribution in [3.63, 3.8) is 0 Å². The molecule has 2 rings (SSSR count). The molecule has 0 bridgehead atoms. The van der Waals surface area contributed by atoms with E-state index in [1.54, 1.807) is 14.2 Å². The summed E-state index contributed by atoms with van der Waals surface area (Å²) in [6.45, 7) is 5.02. The van der Waals surface area contributed by atoms with Crippen molar-refractivity contribution in [3.8, 4) is 11.5 Å². The third-order valence-corrected chi connectivity index (χ3v) is 4.30. The highest BCUT2D eigenvalue weighted by atomic mass is 32.1. The molecule has 0 aliphatic heterocycles. The van der Waals surface area contributed by atoms with Crippen molar-refractivity contribution in [2.45, 2.75) is 26.4 Å². The normalized spacial score (nSPS) is 11.7. The molecule has 0 aliphatic rings. The third kappa shape index (κ3) is 5.64. The third-order valence-electron chi connectivity index (χ3n) is 4.04. The van der Waals surface area contributed by atoms with Crippen molar-refractivity contribution in [1.82, 2.24) is 10.6 Å². The number of benzene rings is 2. The Morgan fingerprint density at radius 1 is 0.920 bits per heavy atom. The first-order valence-corrected chi connectivity index (χ1v) is 8.75. The molecule has 0 aliphatic carbocycles. The molecular weight excluding hydrogens is 332 g/mol. The monoisotopic (exact) mass is 358 g/mol. The van der Waals surface area contributed by atoms with E-state index in [1.807, 2.05) is 36.4 Å². The van der Waals surface area contributed by atoms with Crippen LogP contribution in [-0.4, -0.2) is 19.3 Å². The zero-order valence-electron chi connectivity index (χ0n) is 15.2. The van der Waals surface area contributed by atoms with Crippen LogP contribution >= 0.6 is 12.2 Å². The summed E-state index contributed by atoms with van der Waals surface area (Å²) in [6, 6.07) is 16.2. The number of ether oxygens (including phenoxy) is 2. The zero-order valence-corrected chi connectivity index (χ0v) is 16.0. The summed E-state index contributed by atoms with van der Waals surface area (Å²) in [7, 11) is 3.34. The Hall–Kier alpha value is -2.27. The van der Waals surface area contributed by atoms with Crippen LogP contribution in [0.25, 0.3) is 0 Å². The number of hydrogen-bond donors (Lipinski definition) is 2. The van der Waals surface area contributed by atoms with Crippen LogP contribution in [0, 0.1) is 5.92 Å². The van der Waals surface area contributed by atoms with Crippen molar-refractivity contribution in [3.05, 3.63) is 59.7 Å². The number of hydrogen-bond acceptors (Lipinski definition) is 3. The van der Waals surface area contributed by atoms with Crippen molar-refractivity contribution in [2.75, 3.05) is 14.2 Å². The van der Waals surface area contributed by atoms with Gasteiger partial charge in [-0.2, -0.15) is 0 Å². The molecule has 0 fully saturated rings. The Kier molecular flexibility index (Phi) is 7.07. The maximum Gasteiger partial charge on any atom is 0.167 e. The molecular formula is C20H26N2O2S. The summed E-state index contributed by atoms with van der Waals surface area (Å²) in [5.41, 5.74) is 2.33. The standard InChI is InChI=1S/C20H26N2O2S/c1-14(2)19(16-7-11-18(24-4)12-8-16)22-20(25)21-13-15-5-9-17(23-3)10-6-15/h5-12,14,19H,13H2,1-4H3,(H2,21,22,25)/t19-/m1/s1. The lowest BCUT2D eigenvalue weighted by Crippen LogP contribution is -2.39. The van der Waals surface area contributed by atoms with Crippen LogP contribution in [0.4, 0.5) is 0 Å². The van der Waals surface area contributed by atoms with Gasteiger partial charge in [-0.3, -0.25) is 0 Å². The molecule has 5 heteroatoms. The predicted octanol–water partition coefficient (Wildman–Crippen LogP) is 4.07. The van der Waals surface area contributed by atoms with Gasteiger partial charge in [0.25, 0.3) is 0 Å². The van der Waals surface area contributed by atoms with E-state index in [0.717, 1.165) is 17.1 Å². The molecule has 1 atom stereocenters. The second-order valence-corrected chi connectivity index (χ2v) is 6.58. The summed E-state index contributed by atoms with van der Waals surface area (Å²) in [5.74, 6) is 2.10.